The van der Waals surface area contributed by atoms with Crippen LogP contribution >= 0.6 is 0 Å². The standard InChI is InChI=1S/2C6H13NO2.C5H11NO2.C4H7NO4.C3H7NO2.C2H5NO2/c1-4(2)3-5(7)6(8)9;1-3-4(2)5(7)6(8)9;1-3(2)4(6)5(7)8;5-2(4(8)9)1-3(6)7;1-2(4)3(5)6;3-1-2(4)5/h2*4-5H,3,7H2,1-2H3,(H,8,9);3-4H,6H2,1-2H3,(H,7,8);2H,1,5H2,(H,6,7)(H,8,9);2H,4H2,1H3,(H,5,6);1,3H2,(H,4,5)/t5-;4-,5-;4-;2*2-;/m00000./s1. The molecule has 20 heteroatoms. The molecule has 0 amide bonds. The Morgan fingerprint density at radius 1 is 0.543 bits per heavy atom. The molecule has 0 unspecified atom stereocenters. The van der Waals surface area contributed by atoms with E-state index in [1.165, 1.54) is 6.92 Å². The Bertz CT molecular complexity index is 887. The van der Waals surface area contributed by atoms with E-state index in [1.807, 2.05) is 27.7 Å². The van der Waals surface area contributed by atoms with Crippen molar-refractivity contribution < 1.29 is 69.3 Å². The summed E-state index contributed by atoms with van der Waals surface area (Å²) in [4.78, 5) is 68.7. The first kappa shape index (κ1) is 54.5. The lowest BCUT2D eigenvalue weighted by atomic mass is 10.0. The molecule has 0 saturated heterocycles. The fourth-order valence-electron chi connectivity index (χ4n) is 1.67. The van der Waals surface area contributed by atoms with Crippen LogP contribution in [0.15, 0.2) is 0 Å². The van der Waals surface area contributed by atoms with Crippen LogP contribution in [-0.2, 0) is 33.6 Å². The first-order valence-electron chi connectivity index (χ1n) is 13.7. The SMILES string of the molecule is CC(C)C[C@H](N)C(=O)O.CC(C)[C@H](N)C(=O)O.CC[C@H](C)[C@H](N)C(=O)O.C[C@H](N)C(=O)O.NCC(=O)O.N[C@@H](CC(=O)O)C(=O)O. The van der Waals surface area contributed by atoms with Crippen LogP contribution in [0, 0.1) is 17.8 Å². The molecule has 0 radical (unpaired) electrons. The molecule has 0 rings (SSSR count). The molecule has 0 aliphatic heterocycles. The van der Waals surface area contributed by atoms with Crippen LogP contribution in [0.25, 0.3) is 0 Å². The first-order chi connectivity index (χ1) is 20.6. The fraction of sp³-hybridized carbons (Fsp3) is 0.731. The molecule has 0 fully saturated rings. The summed E-state index contributed by atoms with van der Waals surface area (Å²) in [5, 5.41) is 56.4. The van der Waals surface area contributed by atoms with Crippen LogP contribution in [0.2, 0.25) is 0 Å². The van der Waals surface area contributed by atoms with Gasteiger partial charge in [0.1, 0.15) is 30.2 Å². The lowest BCUT2D eigenvalue weighted by Crippen LogP contribution is -2.36. The maximum atomic E-state index is 10.2. The van der Waals surface area contributed by atoms with Crippen molar-refractivity contribution in [3.05, 3.63) is 0 Å². The Kier molecular flexibility index (Phi) is 38.5. The second-order valence-corrected chi connectivity index (χ2v) is 10.2. The Morgan fingerprint density at radius 2 is 0.870 bits per heavy atom. The highest BCUT2D eigenvalue weighted by Crippen LogP contribution is 2.04. The van der Waals surface area contributed by atoms with E-state index in [1.54, 1.807) is 13.8 Å². The van der Waals surface area contributed by atoms with Gasteiger partial charge in [-0.25, -0.2) is 0 Å². The van der Waals surface area contributed by atoms with E-state index in [9.17, 15) is 33.6 Å². The number of carboxylic acid groups (broad SMARTS) is 7. The highest BCUT2D eigenvalue weighted by Gasteiger charge is 2.17. The first-order valence-corrected chi connectivity index (χ1v) is 13.7. The number of nitrogens with two attached hydrogens (primary N) is 6. The molecule has 0 aromatic rings. The zero-order chi connectivity index (χ0) is 38.5. The van der Waals surface area contributed by atoms with Crippen LogP contribution < -0.4 is 34.4 Å². The molecule has 0 aromatic carbocycles. The topological polar surface area (TPSA) is 417 Å². The summed E-state index contributed by atoms with van der Waals surface area (Å²) in [6.45, 7) is 12.3. The van der Waals surface area contributed by atoms with Gasteiger partial charge in [-0.2, -0.15) is 0 Å². The fourth-order valence-corrected chi connectivity index (χ4v) is 1.67. The van der Waals surface area contributed by atoms with Gasteiger partial charge < -0.3 is 70.1 Å². The molecule has 20 nitrogen and oxygen atoms in total. The Morgan fingerprint density at radius 3 is 0.935 bits per heavy atom. The largest absolute Gasteiger partial charge is 0.481 e. The minimum atomic E-state index is -1.29. The number of rotatable bonds is 13. The number of hydrogen-bond donors (Lipinski definition) is 13. The number of carboxylic acids is 7. The third-order valence-electron chi connectivity index (χ3n) is 4.86. The summed E-state index contributed by atoms with van der Waals surface area (Å²) in [6.07, 6.45) is 0.831. The van der Waals surface area contributed by atoms with Gasteiger partial charge in [0.2, 0.25) is 0 Å². The van der Waals surface area contributed by atoms with Gasteiger partial charge in [0.25, 0.3) is 0 Å². The minimum Gasteiger partial charge on any atom is -0.481 e. The van der Waals surface area contributed by atoms with Gasteiger partial charge in [-0.3, -0.25) is 33.6 Å². The van der Waals surface area contributed by atoms with Crippen LogP contribution in [0.1, 0.15) is 67.7 Å². The molecule has 0 aromatic heterocycles. The van der Waals surface area contributed by atoms with E-state index in [-0.39, 0.29) is 18.4 Å². The van der Waals surface area contributed by atoms with Crippen LogP contribution in [0.4, 0.5) is 0 Å². The van der Waals surface area contributed by atoms with Gasteiger partial charge in [0, 0.05) is 0 Å². The maximum Gasteiger partial charge on any atom is 0.321 e. The van der Waals surface area contributed by atoms with Crippen molar-refractivity contribution in [1.29, 1.82) is 0 Å². The van der Waals surface area contributed by atoms with E-state index >= 15 is 0 Å². The van der Waals surface area contributed by atoms with Gasteiger partial charge in [-0.1, -0.05) is 48.0 Å². The summed E-state index contributed by atoms with van der Waals surface area (Å²) in [6, 6.07) is -4.12. The normalized spacial score (nSPS) is 13.5. The summed E-state index contributed by atoms with van der Waals surface area (Å²) >= 11 is 0. The van der Waals surface area contributed by atoms with Crippen molar-refractivity contribution in [3.63, 3.8) is 0 Å². The summed E-state index contributed by atoms with van der Waals surface area (Å²) in [5.74, 6) is -6.73. The van der Waals surface area contributed by atoms with Gasteiger partial charge in [0.15, 0.2) is 0 Å². The predicted molar refractivity (Wildman–Crippen MR) is 166 cm³/mol. The van der Waals surface area contributed by atoms with E-state index in [2.05, 4.69) is 5.73 Å². The molecule has 274 valence electrons. The monoisotopic (exact) mass is 676 g/mol. The average Bonchev–Trinajstić information content (AvgIpc) is 2.92. The number of carbonyl (C=O) groups is 7. The van der Waals surface area contributed by atoms with E-state index in [0.29, 0.717) is 12.3 Å². The predicted octanol–water partition coefficient (Wildman–Crippen LogP) is -1.74. The molecule has 46 heavy (non-hydrogen) atoms. The Hall–Kier alpha value is -3.95. The van der Waals surface area contributed by atoms with E-state index in [4.69, 9.17) is 64.4 Å². The Labute approximate surface area is 268 Å². The van der Waals surface area contributed by atoms with Gasteiger partial charge >= 0.3 is 41.8 Å². The van der Waals surface area contributed by atoms with Crippen molar-refractivity contribution in [2.75, 3.05) is 6.54 Å². The van der Waals surface area contributed by atoms with Gasteiger partial charge in [-0.15, -0.1) is 0 Å². The molecule has 0 aliphatic rings. The van der Waals surface area contributed by atoms with Crippen molar-refractivity contribution in [3.8, 4) is 0 Å². The lowest BCUT2D eigenvalue weighted by Gasteiger charge is -2.11. The number of hydrogen-bond acceptors (Lipinski definition) is 13. The highest BCUT2D eigenvalue weighted by molar-refractivity contribution is 5.80. The van der Waals surface area contributed by atoms with Crippen molar-refractivity contribution >= 4 is 41.8 Å². The highest BCUT2D eigenvalue weighted by atomic mass is 16.4. The molecular weight excluding hydrogens is 620 g/mol. The smallest absolute Gasteiger partial charge is 0.321 e. The Balaban J connectivity index is -0.000000106. The van der Waals surface area contributed by atoms with Crippen molar-refractivity contribution in [2.24, 2.45) is 52.2 Å². The van der Waals surface area contributed by atoms with Crippen LogP contribution in [-0.4, -0.2) is 114 Å². The molecule has 0 bridgehead atoms. The van der Waals surface area contributed by atoms with E-state index < -0.39 is 78.4 Å². The quantitative estimate of drug-likeness (QED) is 0.103. The maximum absolute atomic E-state index is 10.2. The summed E-state index contributed by atoms with van der Waals surface area (Å²) < 4.78 is 0. The van der Waals surface area contributed by atoms with Gasteiger partial charge in [0.05, 0.1) is 13.0 Å². The van der Waals surface area contributed by atoms with E-state index in [0.717, 1.165) is 6.42 Å². The molecule has 19 N–H and O–H groups in total. The molecule has 0 saturated carbocycles. The van der Waals surface area contributed by atoms with Crippen molar-refractivity contribution in [1.82, 2.24) is 0 Å². The third-order valence-corrected chi connectivity index (χ3v) is 4.86. The summed E-state index contributed by atoms with van der Waals surface area (Å²) in [7, 11) is 0. The van der Waals surface area contributed by atoms with Crippen molar-refractivity contribution in [2.45, 2.75) is 97.9 Å². The molecule has 0 heterocycles. The summed E-state index contributed by atoms with van der Waals surface area (Å²) in [5.41, 5.74) is 29.9. The second kappa shape index (κ2) is 32.4. The zero-order valence-electron chi connectivity index (χ0n) is 27.4. The third kappa shape index (κ3) is 47.0. The average molecular weight is 677 g/mol. The molecule has 6 atom stereocenters. The lowest BCUT2D eigenvalue weighted by molar-refractivity contribution is -0.144. The zero-order valence-corrected chi connectivity index (χ0v) is 27.4. The minimum absolute atomic E-state index is 0.0208. The molecule has 0 aliphatic carbocycles. The number of aliphatic carboxylic acids is 7. The molecule has 0 spiro atoms. The second-order valence-electron chi connectivity index (χ2n) is 10.2. The van der Waals surface area contributed by atoms with Crippen LogP contribution in [0.5, 0.6) is 0 Å². The van der Waals surface area contributed by atoms with Crippen LogP contribution in [0.3, 0.4) is 0 Å². The molecular formula is C26H56N6O14. The van der Waals surface area contributed by atoms with Gasteiger partial charge in [-0.05, 0) is 31.1 Å².